The van der Waals surface area contributed by atoms with Crippen molar-refractivity contribution >= 4 is 17.7 Å². The number of carbonyl (C=O) groups is 1. The van der Waals surface area contributed by atoms with Crippen molar-refractivity contribution in [2.75, 3.05) is 6.79 Å². The molecule has 1 N–H and O–H groups in total. The Kier molecular flexibility index (Phi) is 5.76. The Balaban J connectivity index is 1.31. The van der Waals surface area contributed by atoms with Crippen molar-refractivity contribution in [2.24, 2.45) is 0 Å². The molecule has 0 fully saturated rings. The monoisotopic (exact) mass is 410 g/mol. The summed E-state index contributed by atoms with van der Waals surface area (Å²) in [5, 5.41) is 7.47. The lowest BCUT2D eigenvalue weighted by atomic mass is 10.1. The van der Waals surface area contributed by atoms with Crippen molar-refractivity contribution in [3.05, 3.63) is 59.8 Å². The minimum absolute atomic E-state index is 0.0538. The smallest absolute Gasteiger partial charge is 0.231 e. The van der Waals surface area contributed by atoms with Crippen LogP contribution >= 0.6 is 11.8 Å². The maximum atomic E-state index is 12.2. The molecule has 0 atom stereocenters. The Bertz CT molecular complexity index is 998. The Morgan fingerprint density at radius 2 is 1.90 bits per heavy atom. The first-order valence-corrected chi connectivity index (χ1v) is 10.3. The third-order valence-corrected chi connectivity index (χ3v) is 5.36. The van der Waals surface area contributed by atoms with Gasteiger partial charge in [-0.1, -0.05) is 31.1 Å². The molecule has 0 saturated heterocycles. The highest BCUT2D eigenvalue weighted by Gasteiger charge is 2.16. The number of hydrogen-bond acceptors (Lipinski definition) is 6. The van der Waals surface area contributed by atoms with E-state index in [1.807, 2.05) is 36.4 Å². The summed E-state index contributed by atoms with van der Waals surface area (Å²) < 4.78 is 16.1. The zero-order valence-corrected chi connectivity index (χ0v) is 17.1. The van der Waals surface area contributed by atoms with E-state index in [1.165, 1.54) is 4.90 Å². The van der Waals surface area contributed by atoms with Crippen LogP contribution in [0.25, 0.3) is 11.3 Å². The highest BCUT2D eigenvalue weighted by molar-refractivity contribution is 7.99. The number of aromatic nitrogens is 1. The molecule has 3 aromatic rings. The summed E-state index contributed by atoms with van der Waals surface area (Å²) in [7, 11) is 0. The number of rotatable bonds is 7. The van der Waals surface area contributed by atoms with Crippen molar-refractivity contribution in [1.82, 2.24) is 10.5 Å². The van der Waals surface area contributed by atoms with Crippen LogP contribution in [0.3, 0.4) is 0 Å². The van der Waals surface area contributed by atoms with Gasteiger partial charge in [0.15, 0.2) is 17.3 Å². The standard InChI is InChI=1S/C22H22N2O4S/c1-14(2)29-18-6-3-15(4-7-18)9-22(25)23-12-17-11-20(28-24-17)16-5-8-19-21(10-16)27-13-26-19/h3-8,10-11,14H,9,12-13H2,1-2H3,(H,23,25). The van der Waals surface area contributed by atoms with Crippen molar-refractivity contribution in [2.45, 2.75) is 37.0 Å². The molecule has 1 aliphatic rings. The highest BCUT2D eigenvalue weighted by atomic mass is 32.2. The second-order valence-corrected chi connectivity index (χ2v) is 8.66. The van der Waals surface area contributed by atoms with E-state index in [-0.39, 0.29) is 12.7 Å². The van der Waals surface area contributed by atoms with Gasteiger partial charge in [-0.3, -0.25) is 4.79 Å². The van der Waals surface area contributed by atoms with Crippen LogP contribution in [0.4, 0.5) is 0 Å². The predicted octanol–water partition coefficient (Wildman–Crippen LogP) is 4.43. The Labute approximate surface area is 173 Å². The lowest BCUT2D eigenvalue weighted by molar-refractivity contribution is -0.120. The molecule has 1 aromatic heterocycles. The quantitative estimate of drug-likeness (QED) is 0.581. The maximum absolute atomic E-state index is 12.2. The lowest BCUT2D eigenvalue weighted by Crippen LogP contribution is -2.24. The third kappa shape index (κ3) is 4.92. The summed E-state index contributed by atoms with van der Waals surface area (Å²) in [4.78, 5) is 13.5. The normalized spacial score (nSPS) is 12.4. The van der Waals surface area contributed by atoms with Gasteiger partial charge in [-0.05, 0) is 35.9 Å². The van der Waals surface area contributed by atoms with Crippen LogP contribution in [-0.4, -0.2) is 23.1 Å². The fourth-order valence-corrected chi connectivity index (χ4v) is 3.81. The molecule has 0 radical (unpaired) electrons. The number of benzene rings is 2. The van der Waals surface area contributed by atoms with Crippen LogP contribution in [0, 0.1) is 0 Å². The molecule has 29 heavy (non-hydrogen) atoms. The van der Waals surface area contributed by atoms with Gasteiger partial charge in [-0.15, -0.1) is 11.8 Å². The molecule has 1 aliphatic heterocycles. The first-order chi connectivity index (χ1) is 14.1. The van der Waals surface area contributed by atoms with Gasteiger partial charge in [0.1, 0.15) is 5.69 Å². The van der Waals surface area contributed by atoms with Gasteiger partial charge >= 0.3 is 0 Å². The molecule has 0 unspecified atom stereocenters. The summed E-state index contributed by atoms with van der Waals surface area (Å²) in [5.41, 5.74) is 2.49. The Morgan fingerprint density at radius 1 is 1.10 bits per heavy atom. The summed E-state index contributed by atoms with van der Waals surface area (Å²) >= 11 is 1.81. The van der Waals surface area contributed by atoms with E-state index in [2.05, 4.69) is 36.5 Å². The first kappa shape index (κ1) is 19.4. The Hall–Kier alpha value is -2.93. The molecule has 0 bridgehead atoms. The summed E-state index contributed by atoms with van der Waals surface area (Å²) in [6, 6.07) is 15.5. The molecule has 150 valence electrons. The average molecular weight is 410 g/mol. The Morgan fingerprint density at radius 3 is 2.69 bits per heavy atom. The number of nitrogens with zero attached hydrogens (tertiary/aromatic N) is 1. The minimum Gasteiger partial charge on any atom is -0.454 e. The van der Waals surface area contributed by atoms with Crippen LogP contribution in [0.1, 0.15) is 25.1 Å². The second kappa shape index (κ2) is 8.61. The highest BCUT2D eigenvalue weighted by Crippen LogP contribution is 2.36. The third-order valence-electron chi connectivity index (χ3n) is 4.34. The molecular formula is C22H22N2O4S. The van der Waals surface area contributed by atoms with Crippen LogP contribution < -0.4 is 14.8 Å². The van der Waals surface area contributed by atoms with Crippen molar-refractivity contribution in [3.8, 4) is 22.8 Å². The molecule has 1 amide bonds. The molecule has 0 aliphatic carbocycles. The zero-order valence-electron chi connectivity index (χ0n) is 16.3. The predicted molar refractivity (Wildman–Crippen MR) is 111 cm³/mol. The molecule has 2 heterocycles. The van der Waals surface area contributed by atoms with Gasteiger partial charge in [-0.25, -0.2) is 0 Å². The molecular weight excluding hydrogens is 388 g/mol. The van der Waals surface area contributed by atoms with E-state index in [0.717, 1.165) is 16.9 Å². The average Bonchev–Trinajstić information content (AvgIpc) is 3.36. The first-order valence-electron chi connectivity index (χ1n) is 9.45. The summed E-state index contributed by atoms with van der Waals surface area (Å²) in [6.07, 6.45) is 0.333. The van der Waals surface area contributed by atoms with Gasteiger partial charge < -0.3 is 19.3 Å². The van der Waals surface area contributed by atoms with E-state index < -0.39 is 0 Å². The van der Waals surface area contributed by atoms with Gasteiger partial charge in [0.2, 0.25) is 12.7 Å². The molecule has 6 nitrogen and oxygen atoms in total. The molecule has 0 saturated carbocycles. The fourth-order valence-electron chi connectivity index (χ4n) is 2.98. The number of amides is 1. The van der Waals surface area contributed by atoms with Gasteiger partial charge in [0, 0.05) is 21.8 Å². The number of ether oxygens (including phenoxy) is 2. The van der Waals surface area contributed by atoms with Gasteiger partial charge in [-0.2, -0.15) is 0 Å². The number of thioether (sulfide) groups is 1. The number of hydrogen-bond donors (Lipinski definition) is 1. The van der Waals surface area contributed by atoms with E-state index in [1.54, 1.807) is 11.8 Å². The van der Waals surface area contributed by atoms with Crippen LogP contribution in [0.15, 0.2) is 57.9 Å². The van der Waals surface area contributed by atoms with Crippen LogP contribution in [0.2, 0.25) is 0 Å². The second-order valence-electron chi connectivity index (χ2n) is 7.01. The van der Waals surface area contributed by atoms with E-state index in [0.29, 0.717) is 35.4 Å². The zero-order chi connectivity index (χ0) is 20.2. The molecule has 2 aromatic carbocycles. The topological polar surface area (TPSA) is 73.6 Å². The molecule has 4 rings (SSSR count). The number of nitrogens with one attached hydrogen (secondary N) is 1. The molecule has 0 spiro atoms. The van der Waals surface area contributed by atoms with Gasteiger partial charge in [0.25, 0.3) is 0 Å². The summed E-state index contributed by atoms with van der Waals surface area (Å²) in [6.45, 7) is 4.86. The van der Waals surface area contributed by atoms with Crippen molar-refractivity contribution in [3.63, 3.8) is 0 Å². The van der Waals surface area contributed by atoms with E-state index in [4.69, 9.17) is 14.0 Å². The maximum Gasteiger partial charge on any atom is 0.231 e. The lowest BCUT2D eigenvalue weighted by Gasteiger charge is -2.06. The van der Waals surface area contributed by atoms with E-state index >= 15 is 0 Å². The van der Waals surface area contributed by atoms with Crippen molar-refractivity contribution in [1.29, 1.82) is 0 Å². The van der Waals surface area contributed by atoms with Crippen LogP contribution in [-0.2, 0) is 17.8 Å². The van der Waals surface area contributed by atoms with Gasteiger partial charge in [0.05, 0.1) is 13.0 Å². The van der Waals surface area contributed by atoms with Crippen LogP contribution in [0.5, 0.6) is 11.5 Å². The fraction of sp³-hybridized carbons (Fsp3) is 0.273. The SMILES string of the molecule is CC(C)Sc1ccc(CC(=O)NCc2cc(-c3ccc4c(c3)OCO4)on2)cc1. The van der Waals surface area contributed by atoms with E-state index in [9.17, 15) is 4.79 Å². The minimum atomic E-state index is -0.0538. The number of fused-ring (bicyclic) bond motifs is 1. The molecule has 7 heteroatoms. The number of carbonyl (C=O) groups excluding carboxylic acids is 1. The largest absolute Gasteiger partial charge is 0.454 e. The summed E-state index contributed by atoms with van der Waals surface area (Å²) in [5.74, 6) is 1.97. The van der Waals surface area contributed by atoms with Crippen molar-refractivity contribution < 1.29 is 18.8 Å².